The lowest BCUT2D eigenvalue weighted by Gasteiger charge is -2.17. The number of aryl methyl sites for hydroxylation is 1. The summed E-state index contributed by atoms with van der Waals surface area (Å²) in [6.45, 7) is 3.99. The summed E-state index contributed by atoms with van der Waals surface area (Å²) in [5.74, 6) is 2.55. The molecule has 9 heteroatoms. The minimum absolute atomic E-state index is 0.00794. The molecule has 0 fully saturated rings. The number of alkyl halides is 3. The van der Waals surface area contributed by atoms with Crippen LogP contribution in [0.25, 0.3) is 0 Å². The Bertz CT molecular complexity index is 843. The normalized spacial score (nSPS) is 15.7. The number of aromatic nitrogens is 3. The summed E-state index contributed by atoms with van der Waals surface area (Å²) in [5, 5.41) is 14.9. The fraction of sp³-hybridized carbons (Fsp3) is 0.550. The van der Waals surface area contributed by atoms with Crippen LogP contribution in [0, 0.1) is 0 Å². The van der Waals surface area contributed by atoms with Crippen LogP contribution in [0.3, 0.4) is 0 Å². The Hall–Kier alpha value is -2.58. The van der Waals surface area contributed by atoms with Gasteiger partial charge in [-0.3, -0.25) is 4.99 Å². The highest BCUT2D eigenvalue weighted by Crippen LogP contribution is 2.31. The maximum atomic E-state index is 12.9. The van der Waals surface area contributed by atoms with Gasteiger partial charge in [-0.05, 0) is 36.8 Å². The number of guanidine groups is 1. The van der Waals surface area contributed by atoms with Gasteiger partial charge < -0.3 is 15.2 Å². The molecule has 1 unspecified atom stereocenters. The van der Waals surface area contributed by atoms with E-state index in [4.69, 9.17) is 0 Å². The molecule has 0 bridgehead atoms. The Morgan fingerprint density at radius 2 is 2.07 bits per heavy atom. The highest BCUT2D eigenvalue weighted by atomic mass is 19.4. The maximum absolute atomic E-state index is 12.9. The van der Waals surface area contributed by atoms with Gasteiger partial charge in [0.25, 0.3) is 0 Å². The number of nitrogens with one attached hydrogen (secondary N) is 2. The first kappa shape index (κ1) is 21.1. The summed E-state index contributed by atoms with van der Waals surface area (Å²) in [5.41, 5.74) is 0.0728. The van der Waals surface area contributed by atoms with Crippen molar-refractivity contribution in [3.05, 3.63) is 47.0 Å². The quantitative estimate of drug-likeness (QED) is 0.567. The summed E-state index contributed by atoms with van der Waals surface area (Å²) in [6, 6.07) is 5.53. The summed E-state index contributed by atoms with van der Waals surface area (Å²) in [6.07, 6.45) is -0.381. The molecule has 2 heterocycles. The van der Waals surface area contributed by atoms with Gasteiger partial charge in [-0.2, -0.15) is 13.2 Å². The standard InChI is InChI=1S/C20H27F3N6/c1-14(15-6-5-7-16(12-15)20(21,22)23)9-10-25-19(24-2)26-13-18-28-27-17-8-3-4-11-29(17)18/h5-7,12,14H,3-4,8-11,13H2,1-2H3,(H2,24,25,26). The van der Waals surface area contributed by atoms with E-state index < -0.39 is 11.7 Å². The van der Waals surface area contributed by atoms with Crippen molar-refractivity contribution in [2.45, 2.75) is 57.8 Å². The van der Waals surface area contributed by atoms with Crippen molar-refractivity contribution in [3.8, 4) is 0 Å². The van der Waals surface area contributed by atoms with Crippen LogP contribution >= 0.6 is 0 Å². The summed E-state index contributed by atoms with van der Waals surface area (Å²) < 4.78 is 40.8. The third-order valence-electron chi connectivity index (χ3n) is 5.23. The summed E-state index contributed by atoms with van der Waals surface area (Å²) in [4.78, 5) is 4.20. The average Bonchev–Trinajstić information content (AvgIpc) is 3.13. The zero-order chi connectivity index (χ0) is 20.9. The van der Waals surface area contributed by atoms with E-state index in [-0.39, 0.29) is 5.92 Å². The second-order valence-corrected chi connectivity index (χ2v) is 7.31. The molecule has 29 heavy (non-hydrogen) atoms. The van der Waals surface area contributed by atoms with Crippen LogP contribution in [-0.4, -0.2) is 34.3 Å². The van der Waals surface area contributed by atoms with E-state index in [2.05, 4.69) is 30.4 Å². The average molecular weight is 408 g/mol. The molecule has 1 atom stereocenters. The Morgan fingerprint density at radius 1 is 1.24 bits per heavy atom. The van der Waals surface area contributed by atoms with E-state index in [0.717, 1.165) is 43.5 Å². The maximum Gasteiger partial charge on any atom is 0.416 e. The van der Waals surface area contributed by atoms with E-state index in [1.165, 1.54) is 12.1 Å². The second kappa shape index (κ2) is 9.28. The van der Waals surface area contributed by atoms with Gasteiger partial charge in [0.1, 0.15) is 5.82 Å². The number of fused-ring (bicyclic) bond motifs is 1. The molecule has 3 rings (SSSR count). The molecule has 158 valence electrons. The zero-order valence-corrected chi connectivity index (χ0v) is 16.8. The summed E-state index contributed by atoms with van der Waals surface area (Å²) >= 11 is 0. The number of hydrogen-bond donors (Lipinski definition) is 2. The number of hydrogen-bond acceptors (Lipinski definition) is 3. The van der Waals surface area contributed by atoms with Crippen LogP contribution in [0.15, 0.2) is 29.3 Å². The van der Waals surface area contributed by atoms with E-state index in [1.54, 1.807) is 13.1 Å². The molecule has 1 aliphatic heterocycles. The molecule has 0 radical (unpaired) electrons. The van der Waals surface area contributed by atoms with E-state index in [0.29, 0.717) is 31.0 Å². The van der Waals surface area contributed by atoms with Crippen molar-refractivity contribution in [2.75, 3.05) is 13.6 Å². The van der Waals surface area contributed by atoms with Crippen LogP contribution in [-0.2, 0) is 25.7 Å². The lowest BCUT2D eigenvalue weighted by Crippen LogP contribution is -2.38. The van der Waals surface area contributed by atoms with Crippen LogP contribution in [0.1, 0.15) is 54.9 Å². The van der Waals surface area contributed by atoms with E-state index in [1.807, 2.05) is 6.92 Å². The largest absolute Gasteiger partial charge is 0.416 e. The summed E-state index contributed by atoms with van der Waals surface area (Å²) in [7, 11) is 1.69. The number of rotatable bonds is 6. The molecule has 0 saturated heterocycles. The van der Waals surface area contributed by atoms with Crippen molar-refractivity contribution in [2.24, 2.45) is 4.99 Å². The van der Waals surface area contributed by atoms with Gasteiger partial charge in [0.05, 0.1) is 12.1 Å². The number of benzene rings is 1. The lowest BCUT2D eigenvalue weighted by molar-refractivity contribution is -0.137. The third kappa shape index (κ3) is 5.48. The number of aliphatic imine (C=N–C) groups is 1. The topological polar surface area (TPSA) is 67.1 Å². The molecule has 2 N–H and O–H groups in total. The van der Waals surface area contributed by atoms with Crippen molar-refractivity contribution in [1.29, 1.82) is 0 Å². The van der Waals surface area contributed by atoms with Crippen molar-refractivity contribution >= 4 is 5.96 Å². The van der Waals surface area contributed by atoms with Crippen LogP contribution in [0.4, 0.5) is 13.2 Å². The van der Waals surface area contributed by atoms with Gasteiger partial charge in [-0.1, -0.05) is 25.1 Å². The van der Waals surface area contributed by atoms with Crippen molar-refractivity contribution in [3.63, 3.8) is 0 Å². The first-order valence-corrected chi connectivity index (χ1v) is 9.91. The Labute approximate surface area is 168 Å². The highest BCUT2D eigenvalue weighted by Gasteiger charge is 2.30. The van der Waals surface area contributed by atoms with Crippen molar-refractivity contribution in [1.82, 2.24) is 25.4 Å². The smallest absolute Gasteiger partial charge is 0.356 e. The highest BCUT2D eigenvalue weighted by molar-refractivity contribution is 5.79. The van der Waals surface area contributed by atoms with Crippen molar-refractivity contribution < 1.29 is 13.2 Å². The zero-order valence-electron chi connectivity index (χ0n) is 16.8. The van der Waals surface area contributed by atoms with Gasteiger partial charge in [0.15, 0.2) is 11.8 Å². The fourth-order valence-corrected chi connectivity index (χ4v) is 3.48. The molecule has 0 amide bonds. The first-order valence-electron chi connectivity index (χ1n) is 9.91. The molecule has 0 saturated carbocycles. The SMILES string of the molecule is CN=C(NCCC(C)c1cccc(C(F)(F)F)c1)NCc1nnc2n1CCCC2. The van der Waals surface area contributed by atoms with Crippen LogP contribution < -0.4 is 10.6 Å². The van der Waals surface area contributed by atoms with Crippen LogP contribution in [0.2, 0.25) is 0 Å². The van der Waals surface area contributed by atoms with Gasteiger partial charge in [0.2, 0.25) is 0 Å². The van der Waals surface area contributed by atoms with Gasteiger partial charge >= 0.3 is 6.18 Å². The molecule has 0 spiro atoms. The molecule has 0 aliphatic carbocycles. The Kier molecular flexibility index (Phi) is 6.76. The monoisotopic (exact) mass is 408 g/mol. The van der Waals surface area contributed by atoms with Crippen LogP contribution in [0.5, 0.6) is 0 Å². The molecule has 1 aliphatic rings. The van der Waals surface area contributed by atoms with E-state index in [9.17, 15) is 13.2 Å². The van der Waals surface area contributed by atoms with Gasteiger partial charge in [-0.15, -0.1) is 10.2 Å². The predicted octanol–water partition coefficient (Wildman–Crippen LogP) is 3.49. The van der Waals surface area contributed by atoms with E-state index >= 15 is 0 Å². The minimum atomic E-state index is -4.32. The Balaban J connectivity index is 1.48. The number of halogens is 3. The third-order valence-corrected chi connectivity index (χ3v) is 5.23. The minimum Gasteiger partial charge on any atom is -0.356 e. The molecule has 1 aromatic heterocycles. The molecule has 6 nitrogen and oxygen atoms in total. The molecular formula is C20H27F3N6. The Morgan fingerprint density at radius 3 is 2.83 bits per heavy atom. The fourth-order valence-electron chi connectivity index (χ4n) is 3.48. The predicted molar refractivity (Wildman–Crippen MR) is 106 cm³/mol. The first-order chi connectivity index (χ1) is 13.9. The van der Waals surface area contributed by atoms with Gasteiger partial charge in [-0.25, -0.2) is 0 Å². The lowest BCUT2D eigenvalue weighted by atomic mass is 9.96. The molecule has 1 aromatic carbocycles. The van der Waals surface area contributed by atoms with Gasteiger partial charge in [0, 0.05) is 26.6 Å². The molecular weight excluding hydrogens is 381 g/mol. The second-order valence-electron chi connectivity index (χ2n) is 7.31. The number of nitrogens with zero attached hydrogens (tertiary/aromatic N) is 4. The molecule has 2 aromatic rings.